The summed E-state index contributed by atoms with van der Waals surface area (Å²) >= 11 is 0. The molecular weight excluding hydrogens is 244 g/mol. The van der Waals surface area contributed by atoms with Crippen molar-refractivity contribution < 1.29 is 4.42 Å². The summed E-state index contributed by atoms with van der Waals surface area (Å²) in [7, 11) is 0. The molecule has 2 aromatic carbocycles. The van der Waals surface area contributed by atoms with E-state index in [1.807, 2.05) is 48.5 Å². The molecule has 18 heavy (non-hydrogen) atoms. The highest BCUT2D eigenvalue weighted by Crippen LogP contribution is 2.21. The third kappa shape index (κ3) is 2.17. The van der Waals surface area contributed by atoms with Crippen LogP contribution < -0.4 is 5.43 Å². The zero-order chi connectivity index (χ0) is 11.7. The molecule has 3 aromatic rings. The maximum atomic E-state index is 11.9. The first-order valence-electron chi connectivity index (χ1n) is 5.43. The minimum absolute atomic E-state index is 0. The Morgan fingerprint density at radius 1 is 0.833 bits per heavy atom. The van der Waals surface area contributed by atoms with Crippen LogP contribution in [0.3, 0.4) is 0 Å². The quantitative estimate of drug-likeness (QED) is 0.666. The standard InChI is InChI=1S/C15H10O2.H2S/c16-13-10-15(11-6-2-1-3-7-11)17-14-9-5-4-8-12(13)14;/h1-10H;1H2. The first-order valence-corrected chi connectivity index (χ1v) is 5.43. The summed E-state index contributed by atoms with van der Waals surface area (Å²) in [4.78, 5) is 11.9. The average molecular weight is 256 g/mol. The Morgan fingerprint density at radius 2 is 1.50 bits per heavy atom. The summed E-state index contributed by atoms with van der Waals surface area (Å²) in [5.74, 6) is 0.606. The molecule has 0 saturated carbocycles. The Kier molecular flexibility index (Phi) is 3.53. The van der Waals surface area contributed by atoms with Crippen LogP contribution in [0.15, 0.2) is 69.9 Å². The molecule has 0 aliphatic carbocycles. The van der Waals surface area contributed by atoms with Gasteiger partial charge in [0.2, 0.25) is 0 Å². The van der Waals surface area contributed by atoms with Gasteiger partial charge in [-0.15, -0.1) is 0 Å². The van der Waals surface area contributed by atoms with Crippen LogP contribution in [-0.2, 0) is 0 Å². The number of rotatable bonds is 1. The number of benzene rings is 2. The molecule has 0 fully saturated rings. The molecule has 0 atom stereocenters. The van der Waals surface area contributed by atoms with Crippen LogP contribution >= 0.6 is 13.5 Å². The predicted octanol–water partition coefficient (Wildman–Crippen LogP) is 3.57. The van der Waals surface area contributed by atoms with Crippen molar-refractivity contribution in [1.29, 1.82) is 0 Å². The van der Waals surface area contributed by atoms with E-state index < -0.39 is 0 Å². The summed E-state index contributed by atoms with van der Waals surface area (Å²) in [6.45, 7) is 0. The summed E-state index contributed by atoms with van der Waals surface area (Å²) < 4.78 is 5.73. The minimum Gasteiger partial charge on any atom is -0.456 e. The first kappa shape index (κ1) is 12.5. The summed E-state index contributed by atoms with van der Waals surface area (Å²) in [5, 5.41) is 0.618. The van der Waals surface area contributed by atoms with Crippen molar-refractivity contribution in [3.8, 4) is 11.3 Å². The molecule has 1 heterocycles. The SMILES string of the molecule is O=c1cc(-c2ccccc2)oc2ccccc12.S. The van der Waals surface area contributed by atoms with Gasteiger partial charge >= 0.3 is 0 Å². The highest BCUT2D eigenvalue weighted by Gasteiger charge is 2.05. The van der Waals surface area contributed by atoms with Crippen molar-refractivity contribution >= 4 is 24.5 Å². The molecule has 1 aromatic heterocycles. The fourth-order valence-electron chi connectivity index (χ4n) is 1.85. The third-order valence-electron chi connectivity index (χ3n) is 2.69. The maximum Gasteiger partial charge on any atom is 0.193 e. The van der Waals surface area contributed by atoms with Crippen molar-refractivity contribution in [2.24, 2.45) is 0 Å². The van der Waals surface area contributed by atoms with Gasteiger partial charge < -0.3 is 4.42 Å². The topological polar surface area (TPSA) is 30.2 Å². The molecule has 0 saturated heterocycles. The van der Waals surface area contributed by atoms with Crippen molar-refractivity contribution in [3.05, 3.63) is 70.9 Å². The lowest BCUT2D eigenvalue weighted by Gasteiger charge is -2.02. The van der Waals surface area contributed by atoms with Gasteiger partial charge in [-0.1, -0.05) is 42.5 Å². The van der Waals surface area contributed by atoms with Crippen LogP contribution in [0.4, 0.5) is 0 Å². The summed E-state index contributed by atoms with van der Waals surface area (Å²) in [6, 6.07) is 18.4. The molecule has 3 rings (SSSR count). The van der Waals surface area contributed by atoms with E-state index in [9.17, 15) is 4.79 Å². The van der Waals surface area contributed by atoms with Gasteiger partial charge in [-0.05, 0) is 12.1 Å². The van der Waals surface area contributed by atoms with Crippen LogP contribution in [-0.4, -0.2) is 0 Å². The zero-order valence-corrected chi connectivity index (χ0v) is 10.6. The molecular formula is C15H12O2S. The van der Waals surface area contributed by atoms with E-state index in [2.05, 4.69) is 0 Å². The highest BCUT2D eigenvalue weighted by atomic mass is 32.1. The fraction of sp³-hybridized carbons (Fsp3) is 0. The molecule has 0 radical (unpaired) electrons. The molecule has 0 spiro atoms. The Bertz CT molecular complexity index is 717. The number of hydrogen-bond donors (Lipinski definition) is 0. The van der Waals surface area contributed by atoms with E-state index in [-0.39, 0.29) is 18.9 Å². The summed E-state index contributed by atoms with van der Waals surface area (Å²) in [5.41, 5.74) is 1.53. The molecule has 0 bridgehead atoms. The van der Waals surface area contributed by atoms with Gasteiger partial charge in [0.1, 0.15) is 11.3 Å². The monoisotopic (exact) mass is 256 g/mol. The number of hydrogen-bond acceptors (Lipinski definition) is 2. The second-order valence-electron chi connectivity index (χ2n) is 3.84. The van der Waals surface area contributed by atoms with Gasteiger partial charge in [0.05, 0.1) is 5.39 Å². The van der Waals surface area contributed by atoms with Gasteiger partial charge in [0.15, 0.2) is 5.43 Å². The Hall–Kier alpha value is -2.00. The number of fused-ring (bicyclic) bond motifs is 1. The van der Waals surface area contributed by atoms with Crippen LogP contribution in [0.25, 0.3) is 22.3 Å². The average Bonchev–Trinajstić information content (AvgIpc) is 2.40. The predicted molar refractivity (Wildman–Crippen MR) is 78.3 cm³/mol. The normalized spacial score (nSPS) is 10.0. The molecule has 0 unspecified atom stereocenters. The lowest BCUT2D eigenvalue weighted by Crippen LogP contribution is -1.99. The van der Waals surface area contributed by atoms with Gasteiger partial charge in [-0.3, -0.25) is 4.79 Å². The Labute approximate surface area is 111 Å². The van der Waals surface area contributed by atoms with Crippen LogP contribution in [0.1, 0.15) is 0 Å². The largest absolute Gasteiger partial charge is 0.456 e. The molecule has 0 amide bonds. The summed E-state index contributed by atoms with van der Waals surface area (Å²) in [6.07, 6.45) is 0. The third-order valence-corrected chi connectivity index (χ3v) is 2.69. The Balaban J connectivity index is 0.00000120. The van der Waals surface area contributed by atoms with Crippen LogP contribution in [0.5, 0.6) is 0 Å². The lowest BCUT2D eigenvalue weighted by molar-refractivity contribution is 0.619. The fourth-order valence-corrected chi connectivity index (χ4v) is 1.85. The maximum absolute atomic E-state index is 11.9. The highest BCUT2D eigenvalue weighted by molar-refractivity contribution is 7.59. The number of para-hydroxylation sites is 1. The van der Waals surface area contributed by atoms with Gasteiger partial charge in [-0.2, -0.15) is 13.5 Å². The van der Waals surface area contributed by atoms with Crippen molar-refractivity contribution in [2.45, 2.75) is 0 Å². The second kappa shape index (κ2) is 5.10. The first-order chi connectivity index (χ1) is 8.34. The smallest absolute Gasteiger partial charge is 0.193 e. The van der Waals surface area contributed by atoms with Gasteiger partial charge in [-0.25, -0.2) is 0 Å². The van der Waals surface area contributed by atoms with Crippen molar-refractivity contribution in [1.82, 2.24) is 0 Å². The van der Waals surface area contributed by atoms with E-state index in [1.54, 1.807) is 6.07 Å². The van der Waals surface area contributed by atoms with Crippen LogP contribution in [0.2, 0.25) is 0 Å². The van der Waals surface area contributed by atoms with Gasteiger partial charge in [0.25, 0.3) is 0 Å². The molecule has 90 valence electrons. The zero-order valence-electron chi connectivity index (χ0n) is 9.59. The van der Waals surface area contributed by atoms with E-state index in [0.717, 1.165) is 5.56 Å². The lowest BCUT2D eigenvalue weighted by atomic mass is 10.1. The second-order valence-corrected chi connectivity index (χ2v) is 3.84. The molecule has 0 N–H and O–H groups in total. The molecule has 3 heteroatoms. The van der Waals surface area contributed by atoms with Crippen molar-refractivity contribution in [3.63, 3.8) is 0 Å². The molecule has 0 aliphatic heterocycles. The van der Waals surface area contributed by atoms with E-state index in [0.29, 0.717) is 16.7 Å². The molecule has 0 aliphatic rings. The minimum atomic E-state index is -0.00861. The van der Waals surface area contributed by atoms with E-state index in [4.69, 9.17) is 4.42 Å². The van der Waals surface area contributed by atoms with E-state index in [1.165, 1.54) is 6.07 Å². The van der Waals surface area contributed by atoms with Crippen molar-refractivity contribution in [2.75, 3.05) is 0 Å². The Morgan fingerprint density at radius 3 is 2.28 bits per heavy atom. The van der Waals surface area contributed by atoms with Crippen LogP contribution in [0, 0.1) is 0 Å². The van der Waals surface area contributed by atoms with Gasteiger partial charge in [0, 0.05) is 11.6 Å². The molecule has 2 nitrogen and oxygen atoms in total. The van der Waals surface area contributed by atoms with E-state index >= 15 is 0 Å².